The molecule has 6 nitrogen and oxygen atoms in total. The zero-order valence-electron chi connectivity index (χ0n) is 9.72. The molecule has 0 atom stereocenters. The Morgan fingerprint density at radius 3 is 2.68 bits per heavy atom. The van der Waals surface area contributed by atoms with Crippen LogP contribution < -0.4 is 5.73 Å². The van der Waals surface area contributed by atoms with Crippen molar-refractivity contribution in [2.75, 3.05) is 12.8 Å². The Labute approximate surface area is 106 Å². The highest BCUT2D eigenvalue weighted by Crippen LogP contribution is 2.21. The van der Waals surface area contributed by atoms with Gasteiger partial charge in [0.1, 0.15) is 0 Å². The molecule has 2 N–H and O–H groups in total. The van der Waals surface area contributed by atoms with E-state index in [4.69, 9.17) is 5.73 Å². The molecule has 2 rings (SSSR count). The molecule has 0 radical (unpaired) electrons. The van der Waals surface area contributed by atoms with Gasteiger partial charge in [-0.15, -0.1) is 0 Å². The molecule has 0 unspecified atom stereocenters. The molecule has 0 fully saturated rings. The fourth-order valence-electron chi connectivity index (χ4n) is 1.38. The van der Waals surface area contributed by atoms with Gasteiger partial charge in [0.2, 0.25) is 11.9 Å². The van der Waals surface area contributed by atoms with Crippen molar-refractivity contribution in [3.63, 3.8) is 0 Å². The minimum atomic E-state index is -1.06. The lowest BCUT2D eigenvalue weighted by Gasteiger charge is -2.05. The molecule has 0 saturated carbocycles. The van der Waals surface area contributed by atoms with Crippen LogP contribution in [-0.4, -0.2) is 28.0 Å². The third-order valence-corrected chi connectivity index (χ3v) is 2.27. The van der Waals surface area contributed by atoms with E-state index in [0.717, 1.165) is 25.4 Å². The Morgan fingerprint density at radius 2 is 2.05 bits per heavy atom. The van der Waals surface area contributed by atoms with E-state index in [2.05, 4.69) is 19.7 Å². The second kappa shape index (κ2) is 4.92. The average molecular weight is 266 g/mol. The number of anilines is 1. The van der Waals surface area contributed by atoms with Gasteiger partial charge in [0, 0.05) is 0 Å². The predicted molar refractivity (Wildman–Crippen MR) is 60.9 cm³/mol. The molecule has 0 saturated heterocycles. The number of halogens is 2. The molecule has 8 heteroatoms. The first-order valence-corrected chi connectivity index (χ1v) is 5.06. The summed E-state index contributed by atoms with van der Waals surface area (Å²) in [5.74, 6) is -2.97. The maximum absolute atomic E-state index is 13.5. The number of hydrogen-bond donors (Lipinski definition) is 1. The highest BCUT2D eigenvalue weighted by molar-refractivity contribution is 5.92. The first kappa shape index (κ1) is 12.8. The minimum absolute atomic E-state index is 0.000370. The molecule has 0 aliphatic rings. The Morgan fingerprint density at radius 1 is 1.32 bits per heavy atom. The first-order valence-electron chi connectivity index (χ1n) is 5.06. The number of nitrogen functional groups attached to an aromatic ring is 1. The molecular formula is C11H8F2N4O2. The number of pyridine rings is 1. The highest BCUT2D eigenvalue weighted by Gasteiger charge is 2.17. The van der Waals surface area contributed by atoms with Crippen LogP contribution in [0.2, 0.25) is 0 Å². The standard InChI is InChI=1S/C11H8F2N4O2/c1-19-11(18)8-10(14)15-4-6(16-8)5-2-3-7(12)17-9(5)13/h2-4H,1H3,(H2,14,15). The van der Waals surface area contributed by atoms with Crippen molar-refractivity contribution in [1.29, 1.82) is 0 Å². The maximum atomic E-state index is 13.5. The van der Waals surface area contributed by atoms with E-state index >= 15 is 0 Å². The zero-order chi connectivity index (χ0) is 14.0. The van der Waals surface area contributed by atoms with Gasteiger partial charge in [0.05, 0.1) is 24.6 Å². The molecule has 98 valence electrons. The Balaban J connectivity index is 2.54. The van der Waals surface area contributed by atoms with Gasteiger partial charge in [-0.25, -0.2) is 14.8 Å². The molecule has 0 aliphatic heterocycles. The van der Waals surface area contributed by atoms with Crippen LogP contribution in [0, 0.1) is 11.9 Å². The zero-order valence-corrected chi connectivity index (χ0v) is 9.72. The van der Waals surface area contributed by atoms with Gasteiger partial charge < -0.3 is 10.5 Å². The largest absolute Gasteiger partial charge is 0.464 e. The molecule has 0 aliphatic carbocycles. The van der Waals surface area contributed by atoms with Crippen molar-refractivity contribution in [3.8, 4) is 11.3 Å². The summed E-state index contributed by atoms with van der Waals surface area (Å²) in [5, 5.41) is 0. The first-order chi connectivity index (χ1) is 9.02. The molecular weight excluding hydrogens is 258 g/mol. The number of carbonyl (C=O) groups excluding carboxylic acids is 1. The number of aromatic nitrogens is 3. The van der Waals surface area contributed by atoms with E-state index in [0.29, 0.717) is 0 Å². The fraction of sp³-hybridized carbons (Fsp3) is 0.0909. The molecule has 0 spiro atoms. The van der Waals surface area contributed by atoms with Gasteiger partial charge in [-0.05, 0) is 12.1 Å². The van der Waals surface area contributed by atoms with Crippen molar-refractivity contribution in [3.05, 3.63) is 35.9 Å². The van der Waals surface area contributed by atoms with E-state index < -0.39 is 17.9 Å². The smallest absolute Gasteiger partial charge is 0.360 e. The number of methoxy groups -OCH3 is 1. The number of hydrogen-bond acceptors (Lipinski definition) is 6. The van der Waals surface area contributed by atoms with Crippen molar-refractivity contribution in [1.82, 2.24) is 15.0 Å². The van der Waals surface area contributed by atoms with E-state index in [1.807, 2.05) is 0 Å². The van der Waals surface area contributed by atoms with Crippen LogP contribution in [0.3, 0.4) is 0 Å². The second-order valence-corrected chi connectivity index (χ2v) is 3.45. The quantitative estimate of drug-likeness (QED) is 0.648. The van der Waals surface area contributed by atoms with Gasteiger partial charge >= 0.3 is 5.97 Å². The number of nitrogens with two attached hydrogens (primary N) is 1. The summed E-state index contributed by atoms with van der Waals surface area (Å²) in [5.41, 5.74) is 5.12. The minimum Gasteiger partial charge on any atom is -0.464 e. The SMILES string of the molecule is COC(=O)c1nc(-c2ccc(F)nc2F)cnc1N. The van der Waals surface area contributed by atoms with Crippen LogP contribution in [0.15, 0.2) is 18.3 Å². The predicted octanol–water partition coefficient (Wildman–Crippen LogP) is 1.19. The summed E-state index contributed by atoms with van der Waals surface area (Å²) in [6.45, 7) is 0. The molecule has 2 heterocycles. The summed E-state index contributed by atoms with van der Waals surface area (Å²) >= 11 is 0. The van der Waals surface area contributed by atoms with Gasteiger partial charge in [0.15, 0.2) is 11.5 Å². The Hall–Kier alpha value is -2.64. The topological polar surface area (TPSA) is 91.0 Å². The van der Waals surface area contributed by atoms with Crippen LogP contribution in [0.5, 0.6) is 0 Å². The molecule has 2 aromatic heterocycles. The lowest BCUT2D eigenvalue weighted by molar-refractivity contribution is 0.0595. The molecule has 2 aromatic rings. The number of nitrogens with zero attached hydrogens (tertiary/aromatic N) is 3. The van der Waals surface area contributed by atoms with E-state index in [9.17, 15) is 13.6 Å². The van der Waals surface area contributed by atoms with Crippen molar-refractivity contribution in [2.45, 2.75) is 0 Å². The molecule has 0 aromatic carbocycles. The molecule has 0 amide bonds. The monoisotopic (exact) mass is 266 g/mol. The lowest BCUT2D eigenvalue weighted by atomic mass is 10.2. The summed E-state index contributed by atoms with van der Waals surface area (Å²) in [4.78, 5) is 22.0. The molecule has 19 heavy (non-hydrogen) atoms. The average Bonchev–Trinajstić information content (AvgIpc) is 2.39. The molecule has 0 bridgehead atoms. The lowest BCUT2D eigenvalue weighted by Crippen LogP contribution is -2.11. The van der Waals surface area contributed by atoms with E-state index in [1.54, 1.807) is 0 Å². The van der Waals surface area contributed by atoms with E-state index in [-0.39, 0.29) is 22.8 Å². The van der Waals surface area contributed by atoms with Crippen LogP contribution >= 0.6 is 0 Å². The van der Waals surface area contributed by atoms with Crippen LogP contribution in [0.4, 0.5) is 14.6 Å². The number of rotatable bonds is 2. The van der Waals surface area contributed by atoms with E-state index in [1.165, 1.54) is 0 Å². The third-order valence-electron chi connectivity index (χ3n) is 2.27. The maximum Gasteiger partial charge on any atom is 0.360 e. The summed E-state index contributed by atoms with van der Waals surface area (Å²) in [6.07, 6.45) is 1.15. The highest BCUT2D eigenvalue weighted by atomic mass is 19.1. The van der Waals surface area contributed by atoms with Gasteiger partial charge in [-0.3, -0.25) is 0 Å². The van der Waals surface area contributed by atoms with Crippen LogP contribution in [0.1, 0.15) is 10.5 Å². The number of esters is 1. The normalized spacial score (nSPS) is 10.3. The summed E-state index contributed by atoms with van der Waals surface area (Å²) in [7, 11) is 1.15. The Kier molecular flexibility index (Phi) is 3.32. The van der Waals surface area contributed by atoms with Crippen LogP contribution in [-0.2, 0) is 4.74 Å². The number of carbonyl (C=O) groups is 1. The number of ether oxygens (including phenoxy) is 1. The van der Waals surface area contributed by atoms with Crippen LogP contribution in [0.25, 0.3) is 11.3 Å². The van der Waals surface area contributed by atoms with Gasteiger partial charge in [-0.2, -0.15) is 13.8 Å². The fourth-order valence-corrected chi connectivity index (χ4v) is 1.38. The van der Waals surface area contributed by atoms with Gasteiger partial charge in [-0.1, -0.05) is 0 Å². The summed E-state index contributed by atoms with van der Waals surface area (Å²) < 4.78 is 30.7. The third kappa shape index (κ3) is 2.46. The van der Waals surface area contributed by atoms with Crippen molar-refractivity contribution in [2.24, 2.45) is 0 Å². The summed E-state index contributed by atoms with van der Waals surface area (Å²) in [6, 6.07) is 2.10. The second-order valence-electron chi connectivity index (χ2n) is 3.45. The van der Waals surface area contributed by atoms with Gasteiger partial charge in [0.25, 0.3) is 0 Å². The Bertz CT molecular complexity index is 649. The van der Waals surface area contributed by atoms with Crippen molar-refractivity contribution >= 4 is 11.8 Å². The van der Waals surface area contributed by atoms with Crippen molar-refractivity contribution < 1.29 is 18.3 Å².